The van der Waals surface area contributed by atoms with Crippen LogP contribution in [0.1, 0.15) is 12.5 Å². The molecule has 1 aromatic rings. The fourth-order valence-electron chi connectivity index (χ4n) is 0.838. The minimum absolute atomic E-state index is 0.443. The molecule has 1 aromatic heterocycles. The van der Waals surface area contributed by atoms with E-state index in [9.17, 15) is 4.79 Å². The number of anilines is 1. The van der Waals surface area contributed by atoms with Gasteiger partial charge in [0.1, 0.15) is 11.9 Å². The second-order valence-electron chi connectivity index (χ2n) is 2.83. The highest BCUT2D eigenvalue weighted by Crippen LogP contribution is 2.08. The van der Waals surface area contributed by atoms with Crippen molar-refractivity contribution in [3.05, 3.63) is 23.9 Å². The van der Waals surface area contributed by atoms with Crippen LogP contribution in [0.2, 0.25) is 0 Å². The van der Waals surface area contributed by atoms with Crippen molar-refractivity contribution in [3.63, 3.8) is 0 Å². The Bertz CT molecular complexity index is 310. The van der Waals surface area contributed by atoms with E-state index in [2.05, 4.69) is 10.3 Å². The van der Waals surface area contributed by atoms with Crippen molar-refractivity contribution in [2.45, 2.75) is 20.0 Å². The molecule has 2 N–H and O–H groups in total. The van der Waals surface area contributed by atoms with Crippen LogP contribution in [0.25, 0.3) is 0 Å². The molecule has 0 fully saturated rings. The van der Waals surface area contributed by atoms with E-state index in [1.54, 1.807) is 12.3 Å². The van der Waals surface area contributed by atoms with Crippen LogP contribution in [0.3, 0.4) is 0 Å². The molecular formula is C9H12N2O2. The first-order valence-electron chi connectivity index (χ1n) is 4.02. The lowest BCUT2D eigenvalue weighted by molar-refractivity contribution is -0.123. The van der Waals surface area contributed by atoms with Crippen LogP contribution in [0.5, 0.6) is 0 Å². The second-order valence-corrected chi connectivity index (χ2v) is 2.83. The van der Waals surface area contributed by atoms with E-state index >= 15 is 0 Å². The Morgan fingerprint density at radius 2 is 2.38 bits per heavy atom. The monoisotopic (exact) mass is 180 g/mol. The van der Waals surface area contributed by atoms with Crippen molar-refractivity contribution < 1.29 is 9.90 Å². The molecule has 0 spiro atoms. The number of pyridine rings is 1. The molecule has 1 amide bonds. The van der Waals surface area contributed by atoms with Gasteiger partial charge < -0.3 is 10.4 Å². The predicted molar refractivity (Wildman–Crippen MR) is 49.3 cm³/mol. The molecule has 0 aliphatic carbocycles. The first-order chi connectivity index (χ1) is 6.11. The first kappa shape index (κ1) is 9.67. The zero-order chi connectivity index (χ0) is 9.84. The van der Waals surface area contributed by atoms with Gasteiger partial charge in [-0.3, -0.25) is 4.79 Å². The van der Waals surface area contributed by atoms with Crippen molar-refractivity contribution in [1.29, 1.82) is 0 Å². The van der Waals surface area contributed by atoms with E-state index in [0.29, 0.717) is 5.82 Å². The molecule has 0 saturated carbocycles. The van der Waals surface area contributed by atoms with Crippen LogP contribution < -0.4 is 5.32 Å². The second kappa shape index (κ2) is 4.00. The molecule has 0 aliphatic rings. The van der Waals surface area contributed by atoms with Crippen LogP contribution in [0.4, 0.5) is 5.82 Å². The van der Waals surface area contributed by atoms with E-state index < -0.39 is 12.0 Å². The molecule has 0 aliphatic heterocycles. The number of aromatic nitrogens is 1. The van der Waals surface area contributed by atoms with Gasteiger partial charge in [-0.1, -0.05) is 6.07 Å². The number of nitrogens with zero attached hydrogens (tertiary/aromatic N) is 1. The Balaban J connectivity index is 2.75. The number of hydrogen-bond donors (Lipinski definition) is 2. The minimum atomic E-state index is -1.01. The number of aliphatic hydroxyl groups is 1. The molecule has 13 heavy (non-hydrogen) atoms. The number of hydrogen-bond acceptors (Lipinski definition) is 3. The Hall–Kier alpha value is -1.42. The summed E-state index contributed by atoms with van der Waals surface area (Å²) in [4.78, 5) is 15.0. The average Bonchev–Trinajstić information content (AvgIpc) is 2.08. The topological polar surface area (TPSA) is 62.2 Å². The molecule has 0 bridgehead atoms. The Morgan fingerprint density at radius 3 is 2.92 bits per heavy atom. The van der Waals surface area contributed by atoms with E-state index in [1.165, 1.54) is 6.92 Å². The lowest BCUT2D eigenvalue weighted by atomic mass is 10.3. The zero-order valence-corrected chi connectivity index (χ0v) is 7.61. The highest BCUT2D eigenvalue weighted by atomic mass is 16.3. The fourth-order valence-corrected chi connectivity index (χ4v) is 0.838. The summed E-state index contributed by atoms with van der Waals surface area (Å²) >= 11 is 0. The van der Waals surface area contributed by atoms with E-state index in [1.807, 2.05) is 13.0 Å². The Morgan fingerprint density at radius 1 is 1.69 bits per heavy atom. The third-order valence-electron chi connectivity index (χ3n) is 1.63. The number of rotatable bonds is 2. The number of carbonyl (C=O) groups is 1. The summed E-state index contributed by atoms with van der Waals surface area (Å²) in [6.07, 6.45) is 0.575. The molecule has 0 unspecified atom stereocenters. The van der Waals surface area contributed by atoms with Crippen molar-refractivity contribution in [3.8, 4) is 0 Å². The molecule has 0 saturated heterocycles. The van der Waals surface area contributed by atoms with Crippen LogP contribution >= 0.6 is 0 Å². The lowest BCUT2D eigenvalue weighted by Gasteiger charge is -2.07. The summed E-state index contributed by atoms with van der Waals surface area (Å²) in [5, 5.41) is 11.4. The summed E-state index contributed by atoms with van der Waals surface area (Å²) in [7, 11) is 0. The number of aliphatic hydroxyl groups excluding tert-OH is 1. The van der Waals surface area contributed by atoms with E-state index in [0.717, 1.165) is 5.56 Å². The fraction of sp³-hybridized carbons (Fsp3) is 0.333. The van der Waals surface area contributed by atoms with Gasteiger partial charge in [0.2, 0.25) is 0 Å². The highest BCUT2D eigenvalue weighted by Gasteiger charge is 2.09. The van der Waals surface area contributed by atoms with Gasteiger partial charge in [-0.05, 0) is 25.5 Å². The van der Waals surface area contributed by atoms with Crippen molar-refractivity contribution in [1.82, 2.24) is 4.98 Å². The van der Waals surface area contributed by atoms with Gasteiger partial charge in [0.15, 0.2) is 0 Å². The quantitative estimate of drug-likeness (QED) is 0.704. The van der Waals surface area contributed by atoms with Gasteiger partial charge in [0.05, 0.1) is 0 Å². The summed E-state index contributed by atoms with van der Waals surface area (Å²) in [6.45, 7) is 3.25. The van der Waals surface area contributed by atoms with Gasteiger partial charge in [0, 0.05) is 6.20 Å². The van der Waals surface area contributed by atoms with Crippen LogP contribution in [-0.4, -0.2) is 22.1 Å². The van der Waals surface area contributed by atoms with E-state index in [4.69, 9.17) is 5.11 Å². The van der Waals surface area contributed by atoms with Crippen LogP contribution in [0.15, 0.2) is 18.3 Å². The summed E-state index contributed by atoms with van der Waals surface area (Å²) in [5.41, 5.74) is 0.872. The summed E-state index contributed by atoms with van der Waals surface area (Å²) in [5.74, 6) is 0.0511. The maximum absolute atomic E-state index is 11.1. The SMILES string of the molecule is Cc1cccnc1NC(=O)[C@@H](C)O. The van der Waals surface area contributed by atoms with Crippen molar-refractivity contribution in [2.24, 2.45) is 0 Å². The average molecular weight is 180 g/mol. The molecule has 0 aromatic carbocycles. The standard InChI is InChI=1S/C9H12N2O2/c1-6-4-3-5-10-8(6)11-9(13)7(2)12/h3-5,7,12H,1-2H3,(H,10,11,13)/t7-/m1/s1. The molecule has 1 atom stereocenters. The zero-order valence-electron chi connectivity index (χ0n) is 7.61. The molecular weight excluding hydrogens is 168 g/mol. The van der Waals surface area contributed by atoms with Gasteiger partial charge >= 0.3 is 0 Å². The van der Waals surface area contributed by atoms with Crippen LogP contribution in [-0.2, 0) is 4.79 Å². The first-order valence-corrected chi connectivity index (χ1v) is 4.02. The maximum Gasteiger partial charge on any atom is 0.254 e. The Labute approximate surface area is 76.6 Å². The highest BCUT2D eigenvalue weighted by molar-refractivity contribution is 5.93. The van der Waals surface area contributed by atoms with Crippen molar-refractivity contribution in [2.75, 3.05) is 5.32 Å². The van der Waals surface area contributed by atoms with Crippen LogP contribution in [0, 0.1) is 6.92 Å². The Kier molecular flexibility index (Phi) is 2.97. The lowest BCUT2D eigenvalue weighted by Crippen LogP contribution is -2.25. The maximum atomic E-state index is 11.1. The molecule has 1 heterocycles. The van der Waals surface area contributed by atoms with Gasteiger partial charge in [-0.25, -0.2) is 4.98 Å². The van der Waals surface area contributed by atoms with E-state index in [-0.39, 0.29) is 0 Å². The smallest absolute Gasteiger partial charge is 0.254 e. The summed E-state index contributed by atoms with van der Waals surface area (Å²) in [6, 6.07) is 3.62. The molecule has 0 radical (unpaired) electrons. The third kappa shape index (κ3) is 2.52. The largest absolute Gasteiger partial charge is 0.384 e. The summed E-state index contributed by atoms with van der Waals surface area (Å²) < 4.78 is 0. The number of carbonyl (C=O) groups excluding carboxylic acids is 1. The molecule has 4 heteroatoms. The predicted octanol–water partition coefficient (Wildman–Crippen LogP) is 0.709. The van der Waals surface area contributed by atoms with Gasteiger partial charge in [-0.15, -0.1) is 0 Å². The van der Waals surface area contributed by atoms with Gasteiger partial charge in [-0.2, -0.15) is 0 Å². The number of amides is 1. The molecule has 4 nitrogen and oxygen atoms in total. The minimum Gasteiger partial charge on any atom is -0.384 e. The number of aryl methyl sites for hydroxylation is 1. The normalized spacial score (nSPS) is 12.2. The van der Waals surface area contributed by atoms with Crippen molar-refractivity contribution >= 4 is 11.7 Å². The third-order valence-corrected chi connectivity index (χ3v) is 1.63. The number of nitrogens with one attached hydrogen (secondary N) is 1. The van der Waals surface area contributed by atoms with Gasteiger partial charge in [0.25, 0.3) is 5.91 Å². The molecule has 1 rings (SSSR count). The molecule has 70 valence electrons.